The van der Waals surface area contributed by atoms with Crippen molar-refractivity contribution in [1.29, 1.82) is 0 Å². The molecule has 1 aromatic carbocycles. The van der Waals surface area contributed by atoms with Crippen molar-refractivity contribution in [2.24, 2.45) is 16.4 Å². The second kappa shape index (κ2) is 6.09. The molecule has 1 aromatic rings. The molecule has 7 heteroatoms. The zero-order valence-corrected chi connectivity index (χ0v) is 14.9. The van der Waals surface area contributed by atoms with E-state index < -0.39 is 12.0 Å². The van der Waals surface area contributed by atoms with Gasteiger partial charge in [-0.3, -0.25) is 9.80 Å². The molecule has 4 atom stereocenters. The van der Waals surface area contributed by atoms with Crippen molar-refractivity contribution in [2.45, 2.75) is 44.9 Å². The minimum absolute atomic E-state index is 0.0271. The van der Waals surface area contributed by atoms with Gasteiger partial charge in [-0.05, 0) is 18.6 Å². The average molecular weight is 357 g/mol. The third kappa shape index (κ3) is 2.58. The zero-order chi connectivity index (χ0) is 18.5. The van der Waals surface area contributed by atoms with Gasteiger partial charge in [-0.1, -0.05) is 32.0 Å². The normalized spacial score (nSPS) is 31.8. The van der Waals surface area contributed by atoms with Gasteiger partial charge in [0.15, 0.2) is 6.04 Å². The van der Waals surface area contributed by atoms with Crippen molar-refractivity contribution >= 4 is 23.3 Å². The highest BCUT2D eigenvalue weighted by molar-refractivity contribution is 6.40. The molecular formula is C19H23N3O4. The Labute approximate surface area is 152 Å². The molecule has 4 rings (SSSR count). The number of fused-ring (bicyclic) bond motifs is 1. The number of aliphatic carboxylic acids is 1. The van der Waals surface area contributed by atoms with Crippen LogP contribution in [0.4, 0.5) is 5.69 Å². The van der Waals surface area contributed by atoms with E-state index in [1.54, 1.807) is 12.1 Å². The average Bonchev–Trinajstić information content (AvgIpc) is 3.26. The van der Waals surface area contributed by atoms with Gasteiger partial charge in [0.1, 0.15) is 5.71 Å². The molecule has 1 saturated heterocycles. The highest BCUT2D eigenvalue weighted by Gasteiger charge is 2.60. The molecule has 1 aliphatic carbocycles. The van der Waals surface area contributed by atoms with Gasteiger partial charge in [0.2, 0.25) is 0 Å². The molecule has 1 amide bonds. The molecule has 7 nitrogen and oxygen atoms in total. The van der Waals surface area contributed by atoms with E-state index in [4.69, 9.17) is 4.74 Å². The van der Waals surface area contributed by atoms with Crippen LogP contribution >= 0.6 is 0 Å². The number of hydrazone groups is 1. The van der Waals surface area contributed by atoms with E-state index in [1.165, 1.54) is 5.01 Å². The van der Waals surface area contributed by atoms with E-state index in [0.29, 0.717) is 11.6 Å². The smallest absolute Gasteiger partial charge is 0.328 e. The maximum Gasteiger partial charge on any atom is 0.328 e. The van der Waals surface area contributed by atoms with Crippen LogP contribution in [0.25, 0.3) is 0 Å². The first-order valence-corrected chi connectivity index (χ1v) is 8.96. The van der Waals surface area contributed by atoms with Gasteiger partial charge >= 0.3 is 5.97 Å². The van der Waals surface area contributed by atoms with E-state index >= 15 is 0 Å². The topological polar surface area (TPSA) is 91.2 Å². The van der Waals surface area contributed by atoms with Crippen LogP contribution in [0.5, 0.6) is 0 Å². The van der Waals surface area contributed by atoms with Crippen LogP contribution in [0, 0.1) is 11.3 Å². The van der Waals surface area contributed by atoms with Crippen molar-refractivity contribution in [3.8, 4) is 0 Å². The van der Waals surface area contributed by atoms with Crippen molar-refractivity contribution in [1.82, 2.24) is 5.32 Å². The minimum atomic E-state index is -0.992. The Morgan fingerprint density at radius 2 is 2.04 bits per heavy atom. The van der Waals surface area contributed by atoms with E-state index in [0.717, 1.165) is 13.0 Å². The molecule has 138 valence electrons. The highest BCUT2D eigenvalue weighted by Crippen LogP contribution is 2.52. The van der Waals surface area contributed by atoms with E-state index in [-0.39, 0.29) is 35.6 Å². The summed E-state index contributed by atoms with van der Waals surface area (Å²) in [5.41, 5.74) is 0.803. The lowest BCUT2D eigenvalue weighted by atomic mass is 9.57. The fraction of sp³-hybridized carbons (Fsp3) is 0.526. The minimum Gasteiger partial charge on any atom is -0.480 e. The summed E-state index contributed by atoms with van der Waals surface area (Å²) in [5, 5.41) is 18.4. The molecule has 0 aromatic heterocycles. The SMILES string of the molecule is CC1(C)C(NC(=O)C2=NN(c3ccccc3)C(C(=O)O)C2)C2CCOC21. The maximum atomic E-state index is 12.8. The Hall–Kier alpha value is -2.41. The summed E-state index contributed by atoms with van der Waals surface area (Å²) >= 11 is 0. The van der Waals surface area contributed by atoms with Crippen molar-refractivity contribution < 1.29 is 19.4 Å². The van der Waals surface area contributed by atoms with Gasteiger partial charge < -0.3 is 15.2 Å². The van der Waals surface area contributed by atoms with Gasteiger partial charge in [0.25, 0.3) is 5.91 Å². The van der Waals surface area contributed by atoms with E-state index in [2.05, 4.69) is 24.3 Å². The lowest BCUT2D eigenvalue weighted by Crippen LogP contribution is -2.67. The lowest BCUT2D eigenvalue weighted by Gasteiger charge is -2.54. The number of benzene rings is 1. The van der Waals surface area contributed by atoms with Crippen molar-refractivity contribution in [3.05, 3.63) is 30.3 Å². The number of anilines is 1. The Morgan fingerprint density at radius 3 is 2.73 bits per heavy atom. The summed E-state index contributed by atoms with van der Waals surface area (Å²) in [4.78, 5) is 24.4. The second-order valence-corrected chi connectivity index (χ2v) is 7.80. The summed E-state index contributed by atoms with van der Waals surface area (Å²) in [6.07, 6.45) is 1.22. The van der Waals surface area contributed by atoms with Gasteiger partial charge in [-0.15, -0.1) is 0 Å². The van der Waals surface area contributed by atoms with Gasteiger partial charge in [0.05, 0.1) is 11.8 Å². The van der Waals surface area contributed by atoms with Crippen molar-refractivity contribution in [3.63, 3.8) is 0 Å². The van der Waals surface area contributed by atoms with Crippen LogP contribution in [0.1, 0.15) is 26.7 Å². The third-order valence-corrected chi connectivity index (χ3v) is 5.87. The van der Waals surface area contributed by atoms with Crippen LogP contribution in [-0.4, -0.2) is 47.5 Å². The quantitative estimate of drug-likeness (QED) is 0.855. The number of carbonyl (C=O) groups excluding carboxylic acids is 1. The molecule has 4 unspecified atom stereocenters. The number of carbonyl (C=O) groups is 2. The molecule has 2 fully saturated rings. The van der Waals surface area contributed by atoms with Gasteiger partial charge in [-0.25, -0.2) is 4.79 Å². The van der Waals surface area contributed by atoms with Crippen LogP contribution in [0.3, 0.4) is 0 Å². The van der Waals surface area contributed by atoms with E-state index in [9.17, 15) is 14.7 Å². The fourth-order valence-electron chi connectivity index (χ4n) is 4.50. The number of carboxylic acid groups (broad SMARTS) is 1. The van der Waals surface area contributed by atoms with Crippen molar-refractivity contribution in [2.75, 3.05) is 11.6 Å². The second-order valence-electron chi connectivity index (χ2n) is 7.80. The molecule has 0 spiro atoms. The Bertz CT molecular complexity index is 761. The summed E-state index contributed by atoms with van der Waals surface area (Å²) in [7, 11) is 0. The molecule has 3 aliphatic rings. The Morgan fingerprint density at radius 1 is 1.31 bits per heavy atom. The van der Waals surface area contributed by atoms with Gasteiger partial charge in [-0.2, -0.15) is 5.10 Å². The number of ether oxygens (including phenoxy) is 1. The number of hydrogen-bond acceptors (Lipinski definition) is 5. The molecule has 0 bridgehead atoms. The molecule has 1 saturated carbocycles. The predicted octanol–water partition coefficient (Wildman–Crippen LogP) is 1.64. The number of nitrogens with one attached hydrogen (secondary N) is 1. The lowest BCUT2D eigenvalue weighted by molar-refractivity contribution is -0.138. The first kappa shape index (κ1) is 17.0. The Kier molecular flexibility index (Phi) is 3.99. The number of amides is 1. The first-order chi connectivity index (χ1) is 12.4. The van der Waals surface area contributed by atoms with Crippen LogP contribution in [0.15, 0.2) is 35.4 Å². The summed E-state index contributed by atoms with van der Waals surface area (Å²) < 4.78 is 5.76. The Balaban J connectivity index is 1.52. The molecule has 2 N–H and O–H groups in total. The standard InChI is InChI=1S/C19H23N3O4/c1-19(2)15(12-8-9-26-16(12)19)20-17(23)13-10-14(18(24)25)22(21-13)11-6-4-3-5-7-11/h3-7,12,14-16H,8-10H2,1-2H3,(H,20,23)(H,24,25). The number of nitrogens with zero attached hydrogens (tertiary/aromatic N) is 2. The predicted molar refractivity (Wildman–Crippen MR) is 96.0 cm³/mol. The fourth-order valence-corrected chi connectivity index (χ4v) is 4.50. The molecule has 2 heterocycles. The summed E-state index contributed by atoms with van der Waals surface area (Å²) in [6.45, 7) is 4.92. The molecular weight excluding hydrogens is 334 g/mol. The molecule has 0 radical (unpaired) electrons. The number of rotatable bonds is 4. The van der Waals surface area contributed by atoms with Gasteiger partial charge in [0, 0.05) is 30.4 Å². The van der Waals surface area contributed by atoms with Crippen LogP contribution in [0.2, 0.25) is 0 Å². The zero-order valence-electron chi connectivity index (χ0n) is 14.9. The molecule has 26 heavy (non-hydrogen) atoms. The summed E-state index contributed by atoms with van der Waals surface area (Å²) in [6, 6.07) is 8.23. The van der Waals surface area contributed by atoms with E-state index in [1.807, 2.05) is 18.2 Å². The highest BCUT2D eigenvalue weighted by atomic mass is 16.5. The monoisotopic (exact) mass is 357 g/mol. The summed E-state index contributed by atoms with van der Waals surface area (Å²) in [5.74, 6) is -0.941. The van der Waals surface area contributed by atoms with Crippen LogP contribution in [-0.2, 0) is 14.3 Å². The molecule has 2 aliphatic heterocycles. The number of carboxylic acids is 1. The van der Waals surface area contributed by atoms with Crippen LogP contribution < -0.4 is 10.3 Å². The first-order valence-electron chi connectivity index (χ1n) is 8.96. The number of hydrogen-bond donors (Lipinski definition) is 2. The maximum absolute atomic E-state index is 12.8. The third-order valence-electron chi connectivity index (χ3n) is 5.87. The largest absolute Gasteiger partial charge is 0.480 e. The number of para-hydroxylation sites is 1.